The number of alkyl halides is 1. The Balaban J connectivity index is 2.37. The molecule has 1 heterocycles. The van der Waals surface area contributed by atoms with Gasteiger partial charge in [0.2, 0.25) is 0 Å². The highest BCUT2D eigenvalue weighted by molar-refractivity contribution is 6.17. The number of hydrogen-bond acceptors (Lipinski definition) is 1. The van der Waals surface area contributed by atoms with Crippen LogP contribution in [0.5, 0.6) is 0 Å². The Bertz CT molecular complexity index is 796. The molecule has 2 aromatic carbocycles. The van der Waals surface area contributed by atoms with Crippen LogP contribution in [0.2, 0.25) is 0 Å². The van der Waals surface area contributed by atoms with Crippen LogP contribution in [0.4, 0.5) is 8.78 Å². The predicted octanol–water partition coefficient (Wildman–Crippen LogP) is 4.35. The maximum absolute atomic E-state index is 14.2. The van der Waals surface area contributed by atoms with E-state index >= 15 is 0 Å². The van der Waals surface area contributed by atoms with Gasteiger partial charge in [0.15, 0.2) is 5.82 Å². The summed E-state index contributed by atoms with van der Waals surface area (Å²) in [5, 5.41) is 0. The van der Waals surface area contributed by atoms with Gasteiger partial charge in [-0.15, -0.1) is 11.6 Å². The quantitative estimate of drug-likeness (QED) is 0.642. The summed E-state index contributed by atoms with van der Waals surface area (Å²) in [6.07, 6.45) is 0. The lowest BCUT2D eigenvalue weighted by atomic mass is 10.2. The molecule has 0 aliphatic heterocycles. The van der Waals surface area contributed by atoms with Crippen molar-refractivity contribution in [3.8, 4) is 5.69 Å². The minimum atomic E-state index is -0.444. The number of rotatable bonds is 2. The summed E-state index contributed by atoms with van der Waals surface area (Å²) in [6, 6.07) is 9.46. The van der Waals surface area contributed by atoms with Crippen molar-refractivity contribution in [1.82, 2.24) is 9.55 Å². The molecule has 2 nitrogen and oxygen atoms in total. The third-order valence-corrected chi connectivity index (χ3v) is 3.41. The van der Waals surface area contributed by atoms with Crippen molar-refractivity contribution in [2.75, 3.05) is 0 Å². The van der Waals surface area contributed by atoms with E-state index in [4.69, 9.17) is 11.6 Å². The number of nitrogens with zero attached hydrogens (tertiary/aromatic N) is 2. The Morgan fingerprint density at radius 3 is 2.65 bits per heavy atom. The summed E-state index contributed by atoms with van der Waals surface area (Å²) >= 11 is 5.86. The molecule has 0 N–H and O–H groups in total. The van der Waals surface area contributed by atoms with Crippen molar-refractivity contribution in [3.05, 3.63) is 59.4 Å². The summed E-state index contributed by atoms with van der Waals surface area (Å²) in [5.74, 6) is -0.351. The number of halogens is 3. The van der Waals surface area contributed by atoms with E-state index in [0.29, 0.717) is 17.0 Å². The monoisotopic (exact) mass is 292 g/mol. The molecule has 102 valence electrons. The number of aromatic nitrogens is 2. The van der Waals surface area contributed by atoms with Crippen LogP contribution in [0, 0.1) is 18.6 Å². The SMILES string of the molecule is Cc1ccc(-n2c(CCl)nc3c(F)cccc32)c(F)c1. The molecule has 0 fully saturated rings. The molecule has 0 aliphatic rings. The molecule has 0 spiro atoms. The zero-order valence-corrected chi connectivity index (χ0v) is 11.5. The number of hydrogen-bond donors (Lipinski definition) is 0. The first-order chi connectivity index (χ1) is 9.61. The summed E-state index contributed by atoms with van der Waals surface area (Å²) in [5.41, 5.74) is 1.83. The average molecular weight is 293 g/mol. The van der Waals surface area contributed by atoms with Gasteiger partial charge in [-0.3, -0.25) is 4.57 Å². The zero-order chi connectivity index (χ0) is 14.3. The summed E-state index contributed by atoms with van der Waals surface area (Å²) in [6.45, 7) is 1.81. The standard InChI is InChI=1S/C15H11ClF2N2/c1-9-5-6-12(11(18)7-9)20-13-4-2-3-10(17)15(13)19-14(20)8-16/h2-7H,8H2,1H3. The second-order valence-electron chi connectivity index (χ2n) is 4.56. The Morgan fingerprint density at radius 1 is 1.15 bits per heavy atom. The molecule has 0 bridgehead atoms. The van der Waals surface area contributed by atoms with Gasteiger partial charge in [-0.25, -0.2) is 13.8 Å². The molecule has 0 saturated carbocycles. The highest BCUT2D eigenvalue weighted by atomic mass is 35.5. The molecule has 1 aromatic heterocycles. The molecule has 3 aromatic rings. The van der Waals surface area contributed by atoms with Crippen molar-refractivity contribution in [2.24, 2.45) is 0 Å². The molecule has 0 amide bonds. The zero-order valence-electron chi connectivity index (χ0n) is 10.7. The summed E-state index contributed by atoms with van der Waals surface area (Å²) in [4.78, 5) is 4.16. The molecule has 0 saturated heterocycles. The molecule has 0 radical (unpaired) electrons. The van der Waals surface area contributed by atoms with Crippen LogP contribution in [0.3, 0.4) is 0 Å². The smallest absolute Gasteiger partial charge is 0.151 e. The minimum Gasteiger partial charge on any atom is -0.292 e. The number of para-hydroxylation sites is 1. The Labute approximate surface area is 119 Å². The van der Waals surface area contributed by atoms with Gasteiger partial charge in [-0.1, -0.05) is 12.1 Å². The number of aryl methyl sites for hydroxylation is 1. The Hall–Kier alpha value is -1.94. The van der Waals surface area contributed by atoms with Crippen molar-refractivity contribution < 1.29 is 8.78 Å². The van der Waals surface area contributed by atoms with Gasteiger partial charge in [0.25, 0.3) is 0 Å². The van der Waals surface area contributed by atoms with E-state index in [1.807, 2.05) is 0 Å². The summed E-state index contributed by atoms with van der Waals surface area (Å²) < 4.78 is 29.5. The fraction of sp³-hybridized carbons (Fsp3) is 0.133. The lowest BCUT2D eigenvalue weighted by molar-refractivity contribution is 0.616. The van der Waals surface area contributed by atoms with Gasteiger partial charge in [-0.2, -0.15) is 0 Å². The van der Waals surface area contributed by atoms with Crippen LogP contribution in [-0.4, -0.2) is 9.55 Å². The van der Waals surface area contributed by atoms with Gasteiger partial charge in [0.05, 0.1) is 17.1 Å². The normalized spacial score (nSPS) is 11.2. The number of imidazole rings is 1. The van der Waals surface area contributed by atoms with Crippen molar-refractivity contribution in [1.29, 1.82) is 0 Å². The lowest BCUT2D eigenvalue weighted by Gasteiger charge is -2.09. The highest BCUT2D eigenvalue weighted by Crippen LogP contribution is 2.26. The summed E-state index contributed by atoms with van der Waals surface area (Å²) in [7, 11) is 0. The van der Waals surface area contributed by atoms with Crippen LogP contribution >= 0.6 is 11.6 Å². The molecular formula is C15H11ClF2N2. The van der Waals surface area contributed by atoms with E-state index in [9.17, 15) is 8.78 Å². The minimum absolute atomic E-state index is 0.0709. The van der Waals surface area contributed by atoms with Crippen molar-refractivity contribution in [3.63, 3.8) is 0 Å². The van der Waals surface area contributed by atoms with Gasteiger partial charge >= 0.3 is 0 Å². The fourth-order valence-corrected chi connectivity index (χ4v) is 2.44. The predicted molar refractivity (Wildman–Crippen MR) is 75.3 cm³/mol. The molecule has 0 aliphatic carbocycles. The number of fused-ring (bicyclic) bond motifs is 1. The topological polar surface area (TPSA) is 17.8 Å². The Kier molecular flexibility index (Phi) is 3.18. The van der Waals surface area contributed by atoms with E-state index < -0.39 is 5.82 Å². The Morgan fingerprint density at radius 2 is 1.95 bits per heavy atom. The second-order valence-corrected chi connectivity index (χ2v) is 4.83. The van der Waals surface area contributed by atoms with Gasteiger partial charge in [-0.05, 0) is 36.8 Å². The van der Waals surface area contributed by atoms with E-state index in [1.165, 1.54) is 12.1 Å². The second kappa shape index (κ2) is 4.87. The van der Waals surface area contributed by atoms with E-state index in [2.05, 4.69) is 4.98 Å². The van der Waals surface area contributed by atoms with E-state index in [-0.39, 0.29) is 17.2 Å². The molecule has 0 atom stereocenters. The average Bonchev–Trinajstić information content (AvgIpc) is 2.79. The van der Waals surface area contributed by atoms with Gasteiger partial charge < -0.3 is 0 Å². The highest BCUT2D eigenvalue weighted by Gasteiger charge is 2.16. The first-order valence-corrected chi connectivity index (χ1v) is 6.63. The first kappa shape index (κ1) is 13.1. The number of benzene rings is 2. The van der Waals surface area contributed by atoms with E-state index in [1.54, 1.807) is 35.8 Å². The lowest BCUT2D eigenvalue weighted by Crippen LogP contribution is -2.02. The van der Waals surface area contributed by atoms with Crippen LogP contribution in [-0.2, 0) is 5.88 Å². The fourth-order valence-electron chi connectivity index (χ4n) is 2.26. The van der Waals surface area contributed by atoms with Crippen LogP contribution in [0.1, 0.15) is 11.4 Å². The van der Waals surface area contributed by atoms with Crippen LogP contribution in [0.15, 0.2) is 36.4 Å². The molecule has 5 heteroatoms. The maximum atomic E-state index is 14.2. The third kappa shape index (κ3) is 1.96. The largest absolute Gasteiger partial charge is 0.292 e. The van der Waals surface area contributed by atoms with Gasteiger partial charge in [0, 0.05) is 0 Å². The van der Waals surface area contributed by atoms with Crippen molar-refractivity contribution >= 4 is 22.6 Å². The van der Waals surface area contributed by atoms with Crippen LogP contribution in [0.25, 0.3) is 16.7 Å². The molecular weight excluding hydrogens is 282 g/mol. The van der Waals surface area contributed by atoms with E-state index in [0.717, 1.165) is 5.56 Å². The first-order valence-electron chi connectivity index (χ1n) is 6.10. The van der Waals surface area contributed by atoms with Crippen molar-refractivity contribution in [2.45, 2.75) is 12.8 Å². The third-order valence-electron chi connectivity index (χ3n) is 3.17. The van der Waals surface area contributed by atoms with Gasteiger partial charge in [0.1, 0.15) is 17.2 Å². The molecule has 0 unspecified atom stereocenters. The van der Waals surface area contributed by atoms with Crippen LogP contribution < -0.4 is 0 Å². The molecule has 3 rings (SSSR count). The maximum Gasteiger partial charge on any atom is 0.151 e. The molecule has 20 heavy (non-hydrogen) atoms.